The SMILES string of the molecule is CCCCC[C@@H](N)C(=O)OC(C)(C)C. The van der Waals surface area contributed by atoms with Crippen LogP contribution < -0.4 is 5.73 Å². The Hall–Kier alpha value is -0.570. The second-order valence-electron chi connectivity index (χ2n) is 4.64. The minimum absolute atomic E-state index is 0.284. The number of esters is 1. The summed E-state index contributed by atoms with van der Waals surface area (Å²) in [5, 5.41) is 0. The monoisotopic (exact) mass is 201 g/mol. The molecule has 0 aliphatic rings. The van der Waals surface area contributed by atoms with Gasteiger partial charge in [0.2, 0.25) is 0 Å². The summed E-state index contributed by atoms with van der Waals surface area (Å²) in [5.74, 6) is -0.284. The average Bonchev–Trinajstić information content (AvgIpc) is 2.01. The van der Waals surface area contributed by atoms with Crippen molar-refractivity contribution in [2.75, 3.05) is 0 Å². The molecule has 0 saturated carbocycles. The molecule has 0 spiro atoms. The number of nitrogens with two attached hydrogens (primary N) is 1. The summed E-state index contributed by atoms with van der Waals surface area (Å²) in [7, 11) is 0. The van der Waals surface area contributed by atoms with E-state index in [9.17, 15) is 4.79 Å². The molecule has 14 heavy (non-hydrogen) atoms. The van der Waals surface area contributed by atoms with E-state index in [1.165, 1.54) is 0 Å². The van der Waals surface area contributed by atoms with Crippen molar-refractivity contribution in [1.82, 2.24) is 0 Å². The van der Waals surface area contributed by atoms with Gasteiger partial charge in [0, 0.05) is 0 Å². The quantitative estimate of drug-likeness (QED) is 0.548. The molecule has 1 atom stereocenters. The molecular formula is C11H23NO2. The van der Waals surface area contributed by atoms with Crippen LogP contribution in [0.4, 0.5) is 0 Å². The highest BCUT2D eigenvalue weighted by Crippen LogP contribution is 2.10. The van der Waals surface area contributed by atoms with Gasteiger partial charge in [-0.15, -0.1) is 0 Å². The largest absolute Gasteiger partial charge is 0.459 e. The summed E-state index contributed by atoms with van der Waals surface area (Å²) in [6, 6.07) is -0.458. The maximum atomic E-state index is 11.4. The van der Waals surface area contributed by atoms with Crippen LogP contribution in [-0.2, 0) is 9.53 Å². The van der Waals surface area contributed by atoms with Gasteiger partial charge in [0.05, 0.1) is 0 Å². The van der Waals surface area contributed by atoms with Crippen LogP contribution in [0.3, 0.4) is 0 Å². The Labute approximate surface area is 87.0 Å². The fraction of sp³-hybridized carbons (Fsp3) is 0.909. The summed E-state index contributed by atoms with van der Waals surface area (Å²) in [6.45, 7) is 7.68. The van der Waals surface area contributed by atoms with Crippen LogP contribution in [0.5, 0.6) is 0 Å². The highest BCUT2D eigenvalue weighted by molar-refractivity contribution is 5.75. The molecule has 3 heteroatoms. The summed E-state index contributed by atoms with van der Waals surface area (Å²) in [4.78, 5) is 11.4. The molecule has 0 saturated heterocycles. The molecular weight excluding hydrogens is 178 g/mol. The molecule has 0 fully saturated rings. The molecule has 84 valence electrons. The zero-order valence-corrected chi connectivity index (χ0v) is 9.80. The maximum absolute atomic E-state index is 11.4. The van der Waals surface area contributed by atoms with Crippen LogP contribution in [0.25, 0.3) is 0 Å². The topological polar surface area (TPSA) is 52.3 Å². The van der Waals surface area contributed by atoms with Crippen molar-refractivity contribution in [2.24, 2.45) is 5.73 Å². The normalized spacial score (nSPS) is 13.8. The summed E-state index contributed by atoms with van der Waals surface area (Å²) in [6.07, 6.45) is 3.98. The number of hydrogen-bond acceptors (Lipinski definition) is 3. The maximum Gasteiger partial charge on any atom is 0.323 e. The average molecular weight is 201 g/mol. The van der Waals surface area contributed by atoms with E-state index in [1.807, 2.05) is 20.8 Å². The number of hydrogen-bond donors (Lipinski definition) is 1. The molecule has 0 amide bonds. The molecule has 0 radical (unpaired) electrons. The van der Waals surface area contributed by atoms with Gasteiger partial charge in [0.15, 0.2) is 0 Å². The van der Waals surface area contributed by atoms with Crippen molar-refractivity contribution >= 4 is 5.97 Å². The second-order valence-corrected chi connectivity index (χ2v) is 4.64. The van der Waals surface area contributed by atoms with Crippen molar-refractivity contribution in [3.8, 4) is 0 Å². The second kappa shape index (κ2) is 6.02. The van der Waals surface area contributed by atoms with E-state index in [-0.39, 0.29) is 5.97 Å². The smallest absolute Gasteiger partial charge is 0.323 e. The van der Waals surface area contributed by atoms with Crippen molar-refractivity contribution in [2.45, 2.75) is 65.0 Å². The first-order valence-electron chi connectivity index (χ1n) is 5.35. The van der Waals surface area contributed by atoms with Crippen LogP contribution in [0.15, 0.2) is 0 Å². The van der Waals surface area contributed by atoms with Crippen LogP contribution in [0.2, 0.25) is 0 Å². The third kappa shape index (κ3) is 6.89. The van der Waals surface area contributed by atoms with Gasteiger partial charge in [0.1, 0.15) is 11.6 Å². The van der Waals surface area contributed by atoms with Gasteiger partial charge >= 0.3 is 5.97 Å². The van der Waals surface area contributed by atoms with Crippen LogP contribution in [0, 0.1) is 0 Å². The van der Waals surface area contributed by atoms with Gasteiger partial charge in [-0.1, -0.05) is 26.2 Å². The fourth-order valence-corrected chi connectivity index (χ4v) is 1.11. The molecule has 2 N–H and O–H groups in total. The number of rotatable bonds is 5. The van der Waals surface area contributed by atoms with E-state index in [0.717, 1.165) is 25.7 Å². The van der Waals surface area contributed by atoms with E-state index in [2.05, 4.69) is 6.92 Å². The Bertz CT molecular complexity index is 173. The van der Waals surface area contributed by atoms with E-state index in [0.29, 0.717) is 0 Å². The van der Waals surface area contributed by atoms with Gasteiger partial charge < -0.3 is 10.5 Å². The van der Waals surface area contributed by atoms with Gasteiger partial charge in [-0.25, -0.2) is 0 Å². The van der Waals surface area contributed by atoms with Crippen LogP contribution >= 0.6 is 0 Å². The lowest BCUT2D eigenvalue weighted by molar-refractivity contribution is -0.156. The molecule has 0 rings (SSSR count). The molecule has 0 aromatic rings. The minimum Gasteiger partial charge on any atom is -0.459 e. The Balaban J connectivity index is 3.77. The minimum atomic E-state index is -0.458. The van der Waals surface area contributed by atoms with Crippen LogP contribution in [0.1, 0.15) is 53.4 Å². The predicted octanol–water partition coefficient (Wildman–Crippen LogP) is 2.24. The van der Waals surface area contributed by atoms with E-state index >= 15 is 0 Å². The van der Waals surface area contributed by atoms with E-state index in [4.69, 9.17) is 10.5 Å². The van der Waals surface area contributed by atoms with Gasteiger partial charge in [-0.05, 0) is 27.2 Å². The molecule has 0 aromatic heterocycles. The highest BCUT2D eigenvalue weighted by atomic mass is 16.6. The predicted molar refractivity (Wildman–Crippen MR) is 58.0 cm³/mol. The summed E-state index contributed by atoms with van der Waals surface area (Å²) < 4.78 is 5.17. The first-order chi connectivity index (χ1) is 6.37. The molecule has 0 bridgehead atoms. The number of carbonyl (C=O) groups is 1. The third-order valence-corrected chi connectivity index (χ3v) is 1.83. The Morgan fingerprint density at radius 1 is 1.36 bits per heavy atom. The number of carbonyl (C=O) groups excluding carboxylic acids is 1. The number of ether oxygens (including phenoxy) is 1. The van der Waals surface area contributed by atoms with Gasteiger partial charge in [-0.2, -0.15) is 0 Å². The number of unbranched alkanes of at least 4 members (excludes halogenated alkanes) is 2. The first kappa shape index (κ1) is 13.4. The van der Waals surface area contributed by atoms with Gasteiger partial charge in [0.25, 0.3) is 0 Å². The molecule has 0 unspecified atom stereocenters. The first-order valence-corrected chi connectivity index (χ1v) is 5.35. The molecule has 3 nitrogen and oxygen atoms in total. The Kier molecular flexibility index (Phi) is 5.77. The van der Waals surface area contributed by atoms with Crippen molar-refractivity contribution in [3.63, 3.8) is 0 Å². The lowest BCUT2D eigenvalue weighted by Crippen LogP contribution is -2.37. The lowest BCUT2D eigenvalue weighted by Gasteiger charge is -2.22. The molecule has 0 aromatic carbocycles. The van der Waals surface area contributed by atoms with Crippen LogP contribution in [-0.4, -0.2) is 17.6 Å². The van der Waals surface area contributed by atoms with Crippen molar-refractivity contribution in [3.05, 3.63) is 0 Å². The third-order valence-electron chi connectivity index (χ3n) is 1.83. The van der Waals surface area contributed by atoms with Crippen molar-refractivity contribution < 1.29 is 9.53 Å². The molecule has 0 aliphatic heterocycles. The standard InChI is InChI=1S/C11H23NO2/c1-5-6-7-8-9(12)10(13)14-11(2,3)4/h9H,5-8,12H2,1-4H3/t9-/m1/s1. The fourth-order valence-electron chi connectivity index (χ4n) is 1.11. The Morgan fingerprint density at radius 2 is 1.93 bits per heavy atom. The highest BCUT2D eigenvalue weighted by Gasteiger charge is 2.21. The summed E-state index contributed by atoms with van der Waals surface area (Å²) >= 11 is 0. The van der Waals surface area contributed by atoms with E-state index < -0.39 is 11.6 Å². The van der Waals surface area contributed by atoms with Crippen molar-refractivity contribution in [1.29, 1.82) is 0 Å². The molecule has 0 heterocycles. The summed E-state index contributed by atoms with van der Waals surface area (Å²) in [5.41, 5.74) is 5.26. The van der Waals surface area contributed by atoms with Gasteiger partial charge in [-0.3, -0.25) is 4.79 Å². The Morgan fingerprint density at radius 3 is 2.36 bits per heavy atom. The molecule has 0 aliphatic carbocycles. The zero-order chi connectivity index (χ0) is 11.2. The zero-order valence-electron chi connectivity index (χ0n) is 9.80. The lowest BCUT2D eigenvalue weighted by atomic mass is 10.1. The van der Waals surface area contributed by atoms with E-state index in [1.54, 1.807) is 0 Å².